The first-order chi connectivity index (χ1) is 17.8. The van der Waals surface area contributed by atoms with Gasteiger partial charge in [0, 0.05) is 45.6 Å². The molecule has 5 aliphatic rings. The number of carbonyl (C=O) groups excluding carboxylic acids is 2. The maximum absolute atomic E-state index is 14.2. The fourth-order valence-corrected chi connectivity index (χ4v) is 8.77. The van der Waals surface area contributed by atoms with E-state index >= 15 is 0 Å². The highest BCUT2D eigenvalue weighted by Crippen LogP contribution is 2.53. The van der Waals surface area contributed by atoms with Crippen LogP contribution in [0.25, 0.3) is 0 Å². The molecule has 0 spiro atoms. The molecule has 0 aromatic rings. The van der Waals surface area contributed by atoms with Gasteiger partial charge < -0.3 is 34.6 Å². The van der Waals surface area contributed by atoms with Crippen molar-refractivity contribution >= 4 is 11.8 Å². The number of piperidine rings is 2. The molecule has 3 saturated heterocycles. The first-order valence-electron chi connectivity index (χ1n) is 14.8. The number of carbonyl (C=O) groups is 2. The van der Waals surface area contributed by atoms with E-state index in [-0.39, 0.29) is 36.2 Å². The Bertz CT molecular complexity index is 826. The van der Waals surface area contributed by atoms with Gasteiger partial charge in [0.1, 0.15) is 12.1 Å². The number of nitrogens with two attached hydrogens (primary N) is 1. The number of hydrogen-bond donors (Lipinski definition) is 3. The highest BCUT2D eigenvalue weighted by Gasteiger charge is 2.66. The molecule has 0 aromatic heterocycles. The third-order valence-electron chi connectivity index (χ3n) is 10.3. The van der Waals surface area contributed by atoms with Gasteiger partial charge in [0.05, 0.1) is 57.5 Å². The van der Waals surface area contributed by atoms with Gasteiger partial charge in [-0.2, -0.15) is 0 Å². The van der Waals surface area contributed by atoms with Crippen LogP contribution in [0.4, 0.5) is 0 Å². The molecule has 0 radical (unpaired) electrons. The first kappa shape index (κ1) is 27.3. The molecule has 11 atom stereocenters. The van der Waals surface area contributed by atoms with E-state index < -0.39 is 6.10 Å². The molecule has 5 fully saturated rings. The topological polar surface area (TPSA) is 98.1 Å². The second-order valence-electron chi connectivity index (χ2n) is 12.6. The summed E-state index contributed by atoms with van der Waals surface area (Å²) in [6, 6.07) is 1.07. The van der Waals surface area contributed by atoms with Crippen LogP contribution in [0.1, 0.15) is 51.9 Å². The van der Waals surface area contributed by atoms with Crippen LogP contribution in [-0.4, -0.2) is 107 Å². The van der Waals surface area contributed by atoms with Crippen molar-refractivity contribution < 1.29 is 34.0 Å². The normalized spacial score (nSPS) is 41.7. The Labute approximate surface area is 222 Å². The van der Waals surface area contributed by atoms with E-state index in [4.69, 9.17) is 14.2 Å². The molecule has 0 bridgehead atoms. The largest absolute Gasteiger partial charge is 0.379 e. The van der Waals surface area contributed by atoms with Crippen LogP contribution in [-0.2, 0) is 23.8 Å². The summed E-state index contributed by atoms with van der Waals surface area (Å²) < 4.78 is 18.1. The zero-order valence-electron chi connectivity index (χ0n) is 23.5. The van der Waals surface area contributed by atoms with Crippen LogP contribution in [0.15, 0.2) is 0 Å². The second-order valence-corrected chi connectivity index (χ2v) is 12.6. The molecule has 210 valence electrons. The van der Waals surface area contributed by atoms with Crippen LogP contribution in [0.3, 0.4) is 0 Å². The summed E-state index contributed by atoms with van der Waals surface area (Å²) in [4.78, 5) is 30.5. The maximum Gasteiger partial charge on any atom is 0.248 e. The zero-order chi connectivity index (χ0) is 26.3. The van der Waals surface area contributed by atoms with Crippen LogP contribution in [0.2, 0.25) is 0 Å². The number of hydrogen-bond acceptors (Lipinski definition) is 5. The fraction of sp³-hybridized carbons (Fsp3) is 0.929. The van der Waals surface area contributed by atoms with E-state index in [0.29, 0.717) is 42.3 Å². The lowest BCUT2D eigenvalue weighted by Gasteiger charge is -2.53. The molecule has 37 heavy (non-hydrogen) atoms. The average molecular weight is 523 g/mol. The Hall–Kier alpha value is -1.26. The lowest BCUT2D eigenvalue weighted by Crippen LogP contribution is -3.05. The molecule has 9 nitrogen and oxygen atoms in total. The Kier molecular flexibility index (Phi) is 8.46. The molecule has 0 aromatic carbocycles. The number of amides is 2. The van der Waals surface area contributed by atoms with Crippen LogP contribution >= 0.6 is 0 Å². The van der Waals surface area contributed by atoms with Gasteiger partial charge in [0.15, 0.2) is 0 Å². The summed E-state index contributed by atoms with van der Waals surface area (Å²) in [6.45, 7) is 4.75. The Balaban J connectivity index is 1.26. The smallest absolute Gasteiger partial charge is 0.248 e. The average Bonchev–Trinajstić information content (AvgIpc) is 3.23. The number of rotatable bonds is 9. The molecule has 9 heteroatoms. The Morgan fingerprint density at radius 3 is 2.65 bits per heavy atom. The summed E-state index contributed by atoms with van der Waals surface area (Å²) in [5, 5.41) is 5.58. The Morgan fingerprint density at radius 1 is 1.11 bits per heavy atom. The zero-order valence-corrected chi connectivity index (χ0v) is 23.5. The van der Waals surface area contributed by atoms with Crippen molar-refractivity contribution in [1.29, 1.82) is 0 Å². The highest BCUT2D eigenvalue weighted by molar-refractivity contribution is 5.82. The monoisotopic (exact) mass is 522 g/mol. The molecule has 2 saturated carbocycles. The van der Waals surface area contributed by atoms with E-state index in [9.17, 15) is 9.59 Å². The van der Waals surface area contributed by atoms with Crippen molar-refractivity contribution in [3.05, 3.63) is 0 Å². The number of nitrogens with one attached hydrogen (secondary N) is 2. The van der Waals surface area contributed by atoms with E-state index in [2.05, 4.69) is 29.6 Å². The van der Waals surface area contributed by atoms with E-state index in [1.807, 2.05) is 6.92 Å². The van der Waals surface area contributed by atoms with Crippen LogP contribution < -0.4 is 15.5 Å². The van der Waals surface area contributed by atoms with Crippen LogP contribution in [0, 0.1) is 23.7 Å². The van der Waals surface area contributed by atoms with Crippen molar-refractivity contribution in [1.82, 2.24) is 10.2 Å². The summed E-state index contributed by atoms with van der Waals surface area (Å²) >= 11 is 0. The van der Waals surface area contributed by atoms with Crippen molar-refractivity contribution in [2.75, 3.05) is 47.9 Å². The third-order valence-corrected chi connectivity index (χ3v) is 10.3. The van der Waals surface area contributed by atoms with Crippen molar-refractivity contribution in [3.8, 4) is 0 Å². The summed E-state index contributed by atoms with van der Waals surface area (Å²) in [6.07, 6.45) is 6.42. The second kappa shape index (κ2) is 11.5. The van der Waals surface area contributed by atoms with Gasteiger partial charge in [-0.3, -0.25) is 9.59 Å². The fourth-order valence-electron chi connectivity index (χ4n) is 8.77. The number of methoxy groups -OCH3 is 2. The standard InChI is InChI=1S/C28H48N4O5/c1-16(27(33)30-12-6-14-31(2)3)37-17-7-9-21-20(15-17)18-11-13-29-24-19-8-10-22(35-4)26(36-5)23(19)28(34)32(21)25(18)24/h16-26,29H,6-15H2,1-5H3,(H,30,33)/p+2/t16-,17?,18?,19?,20?,21?,22?,23?,24?,25?,26?/m0/s1. The quantitative estimate of drug-likeness (QED) is 0.331. The van der Waals surface area contributed by atoms with Gasteiger partial charge in [0.25, 0.3) is 0 Å². The van der Waals surface area contributed by atoms with Gasteiger partial charge >= 0.3 is 0 Å². The SMILES string of the molecule is COC1CCC2C3[NH2+]CCC4C5CC(O[C@@H](C)C(=O)NCCC[NH+](C)C)CCC5N(C(=O)C2C1OC)C43. The summed E-state index contributed by atoms with van der Waals surface area (Å²) in [5.74, 6) is 1.55. The van der Waals surface area contributed by atoms with Gasteiger partial charge in [-0.05, 0) is 50.9 Å². The highest BCUT2D eigenvalue weighted by atomic mass is 16.5. The van der Waals surface area contributed by atoms with Crippen molar-refractivity contribution in [2.45, 2.75) is 94.4 Å². The minimum Gasteiger partial charge on any atom is -0.379 e. The first-order valence-corrected chi connectivity index (χ1v) is 14.8. The van der Waals surface area contributed by atoms with E-state index in [1.165, 1.54) is 4.90 Å². The predicted molar refractivity (Wildman–Crippen MR) is 138 cm³/mol. The molecular weight excluding hydrogens is 472 g/mol. The maximum atomic E-state index is 14.2. The molecule has 10 unspecified atom stereocenters. The molecule has 3 aliphatic heterocycles. The van der Waals surface area contributed by atoms with Crippen molar-refractivity contribution in [3.63, 3.8) is 0 Å². The number of nitrogens with zero attached hydrogens (tertiary/aromatic N) is 1. The van der Waals surface area contributed by atoms with Gasteiger partial charge in [-0.1, -0.05) is 0 Å². The van der Waals surface area contributed by atoms with E-state index in [0.717, 1.165) is 58.0 Å². The lowest BCUT2D eigenvalue weighted by atomic mass is 9.64. The predicted octanol–water partition coefficient (Wildman–Crippen LogP) is -1.19. The van der Waals surface area contributed by atoms with Gasteiger partial charge in [0.2, 0.25) is 11.8 Å². The lowest BCUT2D eigenvalue weighted by molar-refractivity contribution is -0.858. The van der Waals surface area contributed by atoms with Gasteiger partial charge in [-0.25, -0.2) is 0 Å². The molecule has 2 amide bonds. The summed E-state index contributed by atoms with van der Waals surface area (Å²) in [5.41, 5.74) is 0. The molecule has 3 heterocycles. The minimum atomic E-state index is -0.442. The summed E-state index contributed by atoms with van der Waals surface area (Å²) in [7, 11) is 7.73. The molecular formula is C28H50N4O5+2. The Morgan fingerprint density at radius 2 is 1.92 bits per heavy atom. The van der Waals surface area contributed by atoms with E-state index in [1.54, 1.807) is 14.2 Å². The third kappa shape index (κ3) is 5.07. The number of ether oxygens (including phenoxy) is 3. The van der Waals surface area contributed by atoms with Gasteiger partial charge in [-0.15, -0.1) is 0 Å². The number of fused-ring (bicyclic) bond motifs is 5. The molecule has 4 N–H and O–H groups in total. The molecule has 2 aliphatic carbocycles. The number of quaternary nitrogens is 2. The van der Waals surface area contributed by atoms with Crippen molar-refractivity contribution in [2.24, 2.45) is 23.7 Å². The minimum absolute atomic E-state index is 0.00886. The molecule has 5 rings (SSSR count). The van der Waals surface area contributed by atoms with Crippen LogP contribution in [0.5, 0.6) is 0 Å².